The van der Waals surface area contributed by atoms with E-state index in [4.69, 9.17) is 0 Å². The second kappa shape index (κ2) is 12.5. The van der Waals surface area contributed by atoms with E-state index in [-0.39, 0.29) is 0 Å². The summed E-state index contributed by atoms with van der Waals surface area (Å²) in [5.74, 6) is 0. The fraction of sp³-hybridized carbons (Fsp3) is 0.938. The first kappa shape index (κ1) is 18.5. The van der Waals surface area contributed by atoms with Gasteiger partial charge in [-0.25, -0.2) is 0 Å². The van der Waals surface area contributed by atoms with Crippen LogP contribution in [0.15, 0.2) is 0 Å². The molecule has 0 unspecified atom stereocenters. The Bertz CT molecular complexity index is 170. The monoisotopic (exact) mass is 362 g/mol. The van der Waals surface area contributed by atoms with Crippen LogP contribution in [-0.4, -0.2) is 24.7 Å². The van der Waals surface area contributed by atoms with Crippen LogP contribution in [0.5, 0.6) is 0 Å². The molecule has 0 aromatic rings. The van der Waals surface area contributed by atoms with Crippen LogP contribution in [-0.2, 0) is 4.79 Å². The van der Waals surface area contributed by atoms with Gasteiger partial charge in [-0.3, -0.25) is 0 Å². The van der Waals surface area contributed by atoms with Gasteiger partial charge in [-0.2, -0.15) is 0 Å². The molecule has 0 saturated heterocycles. The molecule has 0 atom stereocenters. The van der Waals surface area contributed by atoms with Crippen molar-refractivity contribution in [2.24, 2.45) is 0 Å². The zero-order valence-corrected chi connectivity index (χ0v) is 15.8. The average molecular weight is 361 g/mol. The molecule has 1 nitrogen and oxygen atoms in total. The summed E-state index contributed by atoms with van der Waals surface area (Å²) >= 11 is -1.87. The Kier molecular flexibility index (Phi) is 12.8. The molecule has 18 heavy (non-hydrogen) atoms. The number of hydrogen-bond donors (Lipinski definition) is 0. The summed E-state index contributed by atoms with van der Waals surface area (Å²) in [6.07, 6.45) is 11.5. The molecule has 0 bridgehead atoms. The second-order valence-corrected chi connectivity index (χ2v) is 20.1. The Morgan fingerprint density at radius 1 is 0.722 bits per heavy atom. The number of carbonyl (C=O) groups excluding carboxylic acids is 1. The first-order valence-corrected chi connectivity index (χ1v) is 16.3. The molecule has 0 N–H and O–H groups in total. The number of aldehydes is 1. The van der Waals surface area contributed by atoms with E-state index in [0.717, 1.165) is 12.7 Å². The predicted octanol–water partition coefficient (Wildman–Crippen LogP) is 5.81. The van der Waals surface area contributed by atoms with Crippen molar-refractivity contribution >= 4 is 24.7 Å². The van der Waals surface area contributed by atoms with Gasteiger partial charge < -0.3 is 0 Å². The molecular weight excluding hydrogens is 327 g/mol. The molecule has 0 heterocycles. The minimum absolute atomic E-state index is 0.809. The number of unbranched alkanes of at least 4 members (excludes halogenated alkanes) is 4. The molecule has 0 amide bonds. The van der Waals surface area contributed by atoms with E-state index in [1.165, 1.54) is 49.4 Å². The van der Waals surface area contributed by atoms with Crippen LogP contribution >= 0.6 is 0 Å². The molecule has 0 aromatic heterocycles. The molecule has 0 aliphatic heterocycles. The molecule has 2 heteroatoms. The topological polar surface area (TPSA) is 17.1 Å². The average Bonchev–Trinajstić information content (AvgIpc) is 2.40. The summed E-state index contributed by atoms with van der Waals surface area (Å²) in [6.45, 7) is 6.96. The number of carbonyl (C=O) groups is 1. The van der Waals surface area contributed by atoms with Gasteiger partial charge in [0.15, 0.2) is 0 Å². The summed E-state index contributed by atoms with van der Waals surface area (Å²) in [5, 5.41) is 0. The van der Waals surface area contributed by atoms with E-state index in [1.54, 1.807) is 13.3 Å². The van der Waals surface area contributed by atoms with Gasteiger partial charge in [0.2, 0.25) is 0 Å². The van der Waals surface area contributed by atoms with E-state index in [9.17, 15) is 4.79 Å². The van der Waals surface area contributed by atoms with Crippen LogP contribution < -0.4 is 0 Å². The summed E-state index contributed by atoms with van der Waals surface area (Å²) < 4.78 is 6.24. The Morgan fingerprint density at radius 3 is 1.44 bits per heavy atom. The van der Waals surface area contributed by atoms with Crippen molar-refractivity contribution in [3.05, 3.63) is 0 Å². The van der Waals surface area contributed by atoms with E-state index < -0.39 is 18.4 Å². The summed E-state index contributed by atoms with van der Waals surface area (Å²) in [7, 11) is 0. The quantitative estimate of drug-likeness (QED) is 0.230. The van der Waals surface area contributed by atoms with Crippen LogP contribution in [0.1, 0.15) is 72.1 Å². The van der Waals surface area contributed by atoms with Crippen LogP contribution in [0.25, 0.3) is 0 Å². The van der Waals surface area contributed by atoms with Crippen molar-refractivity contribution in [1.82, 2.24) is 0 Å². The van der Waals surface area contributed by atoms with Crippen LogP contribution in [0, 0.1) is 0 Å². The van der Waals surface area contributed by atoms with E-state index in [0.29, 0.717) is 0 Å². The number of rotatable bonds is 13. The normalized spacial score (nSPS) is 11.7. The molecule has 0 aromatic carbocycles. The van der Waals surface area contributed by atoms with Gasteiger partial charge in [0.1, 0.15) is 0 Å². The van der Waals surface area contributed by atoms with Crippen LogP contribution in [0.3, 0.4) is 0 Å². The standard InChI is InChI=1S/C4H7O.3C4H9.Sn/c1-2-3-4-5;3*1-3-4-2;/h4H,1-3H2;3*1,3-4H2,2H3;. The zero-order chi connectivity index (χ0) is 13.7. The van der Waals surface area contributed by atoms with Crippen molar-refractivity contribution in [3.8, 4) is 0 Å². The van der Waals surface area contributed by atoms with Gasteiger partial charge in [-0.05, 0) is 0 Å². The molecular formula is C16H34OSn. The molecule has 108 valence electrons. The summed E-state index contributed by atoms with van der Waals surface area (Å²) in [5.41, 5.74) is 0. The van der Waals surface area contributed by atoms with Gasteiger partial charge in [0.25, 0.3) is 0 Å². The van der Waals surface area contributed by atoms with Gasteiger partial charge in [0, 0.05) is 0 Å². The van der Waals surface area contributed by atoms with Crippen molar-refractivity contribution in [1.29, 1.82) is 0 Å². The third kappa shape index (κ3) is 8.55. The molecule has 0 aliphatic carbocycles. The van der Waals surface area contributed by atoms with E-state index >= 15 is 0 Å². The molecule has 0 aliphatic rings. The van der Waals surface area contributed by atoms with Gasteiger partial charge in [-0.15, -0.1) is 0 Å². The van der Waals surface area contributed by atoms with Crippen molar-refractivity contribution in [3.63, 3.8) is 0 Å². The summed E-state index contributed by atoms with van der Waals surface area (Å²) in [6, 6.07) is 0. The number of hydrogen-bond acceptors (Lipinski definition) is 1. The maximum atomic E-state index is 10.6. The SMILES string of the molecule is CCC[CH2][Sn]([CH2]CCC)([CH2]CCC)[CH2]CCC=O. The minimum atomic E-state index is -1.87. The van der Waals surface area contributed by atoms with E-state index in [2.05, 4.69) is 20.8 Å². The molecule has 0 spiro atoms. The Hall–Kier alpha value is 0.469. The van der Waals surface area contributed by atoms with Gasteiger partial charge in [0.05, 0.1) is 0 Å². The van der Waals surface area contributed by atoms with Crippen LogP contribution in [0.2, 0.25) is 17.7 Å². The fourth-order valence-electron chi connectivity index (χ4n) is 2.97. The molecule has 0 rings (SSSR count). The van der Waals surface area contributed by atoms with Crippen molar-refractivity contribution in [2.45, 2.75) is 89.9 Å². The zero-order valence-electron chi connectivity index (χ0n) is 13.0. The molecule has 0 fully saturated rings. The first-order chi connectivity index (χ1) is 8.74. The Balaban J connectivity index is 4.45. The van der Waals surface area contributed by atoms with Gasteiger partial charge in [-0.1, -0.05) is 0 Å². The van der Waals surface area contributed by atoms with E-state index in [1.807, 2.05) is 0 Å². The van der Waals surface area contributed by atoms with Crippen molar-refractivity contribution < 1.29 is 4.79 Å². The summed E-state index contributed by atoms with van der Waals surface area (Å²) in [4.78, 5) is 10.6. The maximum absolute atomic E-state index is 10.6. The third-order valence-electron chi connectivity index (χ3n) is 4.21. The molecule has 0 saturated carbocycles. The third-order valence-corrected chi connectivity index (χ3v) is 20.4. The predicted molar refractivity (Wildman–Crippen MR) is 85.0 cm³/mol. The van der Waals surface area contributed by atoms with Crippen molar-refractivity contribution in [2.75, 3.05) is 0 Å². The molecule has 0 radical (unpaired) electrons. The van der Waals surface area contributed by atoms with Crippen LogP contribution in [0.4, 0.5) is 0 Å². The Labute approximate surface area is 119 Å². The fourth-order valence-corrected chi connectivity index (χ4v) is 19.4. The van der Waals surface area contributed by atoms with Gasteiger partial charge >= 0.3 is 119 Å². The Morgan fingerprint density at radius 2 is 1.11 bits per heavy atom. The first-order valence-electron chi connectivity index (χ1n) is 8.18. The second-order valence-electron chi connectivity index (χ2n) is 5.87.